The molecule has 1 aromatic heterocycles. The number of hydrogen-bond donors (Lipinski definition) is 1. The molecule has 7 heteroatoms. The third-order valence-corrected chi connectivity index (χ3v) is 6.36. The summed E-state index contributed by atoms with van der Waals surface area (Å²) in [5.74, 6) is 1.83. The summed E-state index contributed by atoms with van der Waals surface area (Å²) in [5.41, 5.74) is 2.29. The number of fused-ring (bicyclic) bond motifs is 1. The summed E-state index contributed by atoms with van der Waals surface area (Å²) in [6.45, 7) is 0.679. The first-order valence-corrected chi connectivity index (χ1v) is 11.0. The highest BCUT2D eigenvalue weighted by Gasteiger charge is 2.15. The van der Waals surface area contributed by atoms with Gasteiger partial charge in [-0.2, -0.15) is 0 Å². The minimum Gasteiger partial charge on any atom is -0.493 e. The largest absolute Gasteiger partial charge is 0.493 e. The highest BCUT2D eigenvalue weighted by atomic mass is 32.1. The normalized spacial score (nSPS) is 12.9. The van der Waals surface area contributed by atoms with Crippen molar-refractivity contribution in [3.8, 4) is 17.2 Å². The lowest BCUT2D eigenvalue weighted by Crippen LogP contribution is -2.25. The summed E-state index contributed by atoms with van der Waals surface area (Å²) in [5, 5.41) is 4.23. The quantitative estimate of drug-likeness (QED) is 0.596. The summed E-state index contributed by atoms with van der Waals surface area (Å²) in [6.07, 6.45) is 7.75. The van der Waals surface area contributed by atoms with Gasteiger partial charge in [0.25, 0.3) is 0 Å². The Bertz CT molecular complexity index is 786. The van der Waals surface area contributed by atoms with E-state index in [1.165, 1.54) is 34.8 Å². The van der Waals surface area contributed by atoms with Crippen LogP contribution in [-0.4, -0.2) is 38.8 Å². The van der Waals surface area contributed by atoms with Gasteiger partial charge in [0, 0.05) is 24.3 Å². The van der Waals surface area contributed by atoms with Gasteiger partial charge in [-0.1, -0.05) is 0 Å². The lowest BCUT2D eigenvalue weighted by Gasteiger charge is -2.14. The zero-order chi connectivity index (χ0) is 20.6. The maximum Gasteiger partial charge on any atom is 0.220 e. The number of hydrogen-bond acceptors (Lipinski definition) is 6. The zero-order valence-electron chi connectivity index (χ0n) is 17.5. The van der Waals surface area contributed by atoms with E-state index in [1.54, 1.807) is 21.3 Å². The number of aromatic nitrogens is 1. The van der Waals surface area contributed by atoms with Crippen molar-refractivity contribution >= 4 is 17.2 Å². The van der Waals surface area contributed by atoms with Crippen molar-refractivity contribution in [2.24, 2.45) is 0 Å². The van der Waals surface area contributed by atoms with E-state index >= 15 is 0 Å². The van der Waals surface area contributed by atoms with Crippen LogP contribution in [0.2, 0.25) is 0 Å². The van der Waals surface area contributed by atoms with Crippen LogP contribution in [0.25, 0.3) is 0 Å². The molecule has 1 aliphatic carbocycles. The molecule has 0 saturated heterocycles. The van der Waals surface area contributed by atoms with Crippen LogP contribution in [0.1, 0.15) is 46.8 Å². The van der Waals surface area contributed by atoms with Crippen LogP contribution in [0.4, 0.5) is 0 Å². The van der Waals surface area contributed by atoms with E-state index in [2.05, 4.69) is 5.32 Å². The molecule has 0 bridgehead atoms. The van der Waals surface area contributed by atoms with E-state index in [4.69, 9.17) is 19.2 Å². The molecule has 1 aliphatic rings. The second-order valence-corrected chi connectivity index (χ2v) is 8.34. The number of nitrogens with zero attached hydrogens (tertiary/aromatic N) is 1. The molecule has 1 heterocycles. The van der Waals surface area contributed by atoms with Gasteiger partial charge in [-0.05, 0) is 56.2 Å². The molecule has 0 atom stereocenters. The molecule has 0 aliphatic heterocycles. The van der Waals surface area contributed by atoms with Crippen LogP contribution in [0.5, 0.6) is 17.2 Å². The molecule has 0 spiro atoms. The van der Waals surface area contributed by atoms with Crippen LogP contribution in [0.15, 0.2) is 12.1 Å². The molecule has 2 aromatic rings. The topological polar surface area (TPSA) is 69.7 Å². The lowest BCUT2D eigenvalue weighted by molar-refractivity contribution is -0.121. The van der Waals surface area contributed by atoms with Gasteiger partial charge in [0.05, 0.1) is 32.0 Å². The molecule has 3 rings (SSSR count). The Morgan fingerprint density at radius 2 is 1.79 bits per heavy atom. The predicted molar refractivity (Wildman–Crippen MR) is 115 cm³/mol. The number of methoxy groups -OCH3 is 3. The van der Waals surface area contributed by atoms with Crippen molar-refractivity contribution in [1.29, 1.82) is 0 Å². The molecule has 1 N–H and O–H groups in total. The molecule has 29 heavy (non-hydrogen) atoms. The SMILES string of the molecule is COc1cc(CCC(=O)NCCCc2nc3c(s2)CCCC3)cc(OC)c1OC. The number of benzene rings is 1. The highest BCUT2D eigenvalue weighted by molar-refractivity contribution is 7.11. The molecule has 0 fully saturated rings. The van der Waals surface area contributed by atoms with E-state index < -0.39 is 0 Å². The van der Waals surface area contributed by atoms with Crippen LogP contribution in [0, 0.1) is 0 Å². The molecular weight excluding hydrogens is 388 g/mol. The van der Waals surface area contributed by atoms with Crippen molar-refractivity contribution in [3.63, 3.8) is 0 Å². The Kier molecular flexibility index (Phi) is 7.75. The van der Waals surface area contributed by atoms with E-state index in [0.29, 0.717) is 36.6 Å². The van der Waals surface area contributed by atoms with Gasteiger partial charge in [-0.25, -0.2) is 4.98 Å². The molecule has 158 valence electrons. The third-order valence-electron chi connectivity index (χ3n) is 5.14. The monoisotopic (exact) mass is 418 g/mol. The van der Waals surface area contributed by atoms with Gasteiger partial charge in [-0.3, -0.25) is 4.79 Å². The number of carbonyl (C=O) groups is 1. The smallest absolute Gasteiger partial charge is 0.220 e. The highest BCUT2D eigenvalue weighted by Crippen LogP contribution is 2.38. The van der Waals surface area contributed by atoms with E-state index in [0.717, 1.165) is 24.8 Å². The first-order chi connectivity index (χ1) is 14.1. The van der Waals surface area contributed by atoms with E-state index in [1.807, 2.05) is 23.5 Å². The number of carbonyl (C=O) groups excluding carboxylic acids is 1. The molecular formula is C22H30N2O4S. The molecule has 0 unspecified atom stereocenters. The number of thiazole rings is 1. The maximum atomic E-state index is 12.2. The fraction of sp³-hybridized carbons (Fsp3) is 0.545. The van der Waals surface area contributed by atoms with E-state index in [9.17, 15) is 4.79 Å². The van der Waals surface area contributed by atoms with E-state index in [-0.39, 0.29) is 5.91 Å². The van der Waals surface area contributed by atoms with Crippen molar-refractivity contribution in [2.45, 2.75) is 51.4 Å². The van der Waals surface area contributed by atoms with Crippen molar-refractivity contribution in [1.82, 2.24) is 10.3 Å². The second kappa shape index (κ2) is 10.5. The summed E-state index contributed by atoms with van der Waals surface area (Å²) < 4.78 is 16.1. The van der Waals surface area contributed by atoms with Gasteiger partial charge >= 0.3 is 0 Å². The fourth-order valence-corrected chi connectivity index (χ4v) is 4.80. The van der Waals surface area contributed by atoms with Crippen molar-refractivity contribution in [2.75, 3.05) is 27.9 Å². The summed E-state index contributed by atoms with van der Waals surface area (Å²) >= 11 is 1.85. The molecule has 0 radical (unpaired) electrons. The standard InChI is InChI=1S/C22H30N2O4S/c1-26-17-13-15(14-18(27-2)22(17)28-3)10-11-20(25)23-12-6-9-21-24-16-7-4-5-8-19(16)29-21/h13-14H,4-12H2,1-3H3,(H,23,25). The molecule has 1 amide bonds. The Balaban J connectivity index is 1.42. The number of aryl methyl sites for hydroxylation is 4. The summed E-state index contributed by atoms with van der Waals surface area (Å²) in [4.78, 5) is 18.4. The van der Waals surface area contributed by atoms with Crippen molar-refractivity contribution < 1.29 is 19.0 Å². The molecule has 6 nitrogen and oxygen atoms in total. The average Bonchev–Trinajstić information content (AvgIpc) is 3.17. The minimum absolute atomic E-state index is 0.0529. The summed E-state index contributed by atoms with van der Waals surface area (Å²) in [6, 6.07) is 3.78. The Morgan fingerprint density at radius 3 is 2.45 bits per heavy atom. The number of ether oxygens (including phenoxy) is 3. The van der Waals surface area contributed by atoms with Crippen molar-refractivity contribution in [3.05, 3.63) is 33.3 Å². The third kappa shape index (κ3) is 5.63. The van der Waals surface area contributed by atoms with Gasteiger partial charge < -0.3 is 19.5 Å². The molecule has 1 aromatic carbocycles. The van der Waals surface area contributed by atoms with Gasteiger partial charge in [0.15, 0.2) is 11.5 Å². The number of rotatable bonds is 10. The number of amides is 1. The number of nitrogens with one attached hydrogen (secondary N) is 1. The van der Waals surface area contributed by atoms with Crippen LogP contribution in [-0.2, 0) is 30.5 Å². The van der Waals surface area contributed by atoms with Gasteiger partial charge in [0.2, 0.25) is 11.7 Å². The maximum absolute atomic E-state index is 12.2. The Labute approximate surface area is 176 Å². The zero-order valence-corrected chi connectivity index (χ0v) is 18.3. The summed E-state index contributed by atoms with van der Waals surface area (Å²) in [7, 11) is 4.76. The van der Waals surface area contributed by atoms with Gasteiger partial charge in [0.1, 0.15) is 0 Å². The Hall–Kier alpha value is -2.28. The Morgan fingerprint density at radius 1 is 1.07 bits per heavy atom. The lowest BCUT2D eigenvalue weighted by atomic mass is 10.0. The minimum atomic E-state index is 0.0529. The molecule has 0 saturated carbocycles. The second-order valence-electron chi connectivity index (χ2n) is 7.17. The first kappa shape index (κ1) is 21.4. The van der Waals surface area contributed by atoms with Crippen LogP contribution in [0.3, 0.4) is 0 Å². The predicted octanol–water partition coefficient (Wildman–Crippen LogP) is 3.73. The fourth-order valence-electron chi connectivity index (χ4n) is 3.61. The average molecular weight is 419 g/mol. The van der Waals surface area contributed by atoms with Crippen LogP contribution < -0.4 is 19.5 Å². The van der Waals surface area contributed by atoms with Crippen LogP contribution >= 0.6 is 11.3 Å². The first-order valence-electron chi connectivity index (χ1n) is 10.2. The van der Waals surface area contributed by atoms with Gasteiger partial charge in [-0.15, -0.1) is 11.3 Å².